The summed E-state index contributed by atoms with van der Waals surface area (Å²) in [5, 5.41) is 0.698. The van der Waals surface area contributed by atoms with Crippen molar-refractivity contribution in [2.75, 3.05) is 0 Å². The molecule has 0 aromatic heterocycles. The van der Waals surface area contributed by atoms with Crippen molar-refractivity contribution in [2.45, 2.75) is 52.9 Å². The molecule has 0 unspecified atom stereocenters. The van der Waals surface area contributed by atoms with Gasteiger partial charge in [0.2, 0.25) is 0 Å². The second-order valence-electron chi connectivity index (χ2n) is 6.38. The topological polar surface area (TPSA) is 17.1 Å². The van der Waals surface area contributed by atoms with E-state index in [1.807, 2.05) is 25.1 Å². The number of halogens is 1. The van der Waals surface area contributed by atoms with Gasteiger partial charge in [-0.15, -0.1) is 0 Å². The van der Waals surface area contributed by atoms with Crippen LogP contribution >= 0.6 is 11.6 Å². The van der Waals surface area contributed by atoms with Crippen LogP contribution in [0, 0.1) is 18.3 Å². The van der Waals surface area contributed by atoms with Gasteiger partial charge in [-0.05, 0) is 43.7 Å². The van der Waals surface area contributed by atoms with Crippen LogP contribution in [-0.4, -0.2) is 5.78 Å². The largest absolute Gasteiger partial charge is 0.294 e. The van der Waals surface area contributed by atoms with Gasteiger partial charge in [0, 0.05) is 16.0 Å². The summed E-state index contributed by atoms with van der Waals surface area (Å²) in [6.45, 7) is 6.38. The van der Waals surface area contributed by atoms with E-state index in [4.69, 9.17) is 11.6 Å². The van der Waals surface area contributed by atoms with E-state index >= 15 is 0 Å². The SMILES string of the molecule is Cc1ccc(C(=O)C2(CC(C)C)CCCC2)cc1Cl. The minimum atomic E-state index is -0.132. The van der Waals surface area contributed by atoms with Crippen LogP contribution in [0.2, 0.25) is 5.02 Å². The van der Waals surface area contributed by atoms with E-state index < -0.39 is 0 Å². The molecule has 1 aromatic carbocycles. The summed E-state index contributed by atoms with van der Waals surface area (Å²) in [6, 6.07) is 5.73. The molecule has 0 radical (unpaired) electrons. The van der Waals surface area contributed by atoms with E-state index in [0.29, 0.717) is 16.7 Å². The molecule has 0 aliphatic heterocycles. The minimum Gasteiger partial charge on any atom is -0.294 e. The third-order valence-corrected chi connectivity index (χ3v) is 4.68. The lowest BCUT2D eigenvalue weighted by molar-refractivity contribution is 0.0760. The summed E-state index contributed by atoms with van der Waals surface area (Å²) in [6.07, 6.45) is 5.43. The van der Waals surface area contributed by atoms with Gasteiger partial charge in [-0.1, -0.05) is 50.4 Å². The molecule has 1 aromatic rings. The summed E-state index contributed by atoms with van der Waals surface area (Å²) < 4.78 is 0. The highest BCUT2D eigenvalue weighted by molar-refractivity contribution is 6.31. The summed E-state index contributed by atoms with van der Waals surface area (Å²) >= 11 is 6.16. The van der Waals surface area contributed by atoms with Crippen LogP contribution in [0.25, 0.3) is 0 Å². The molecule has 0 bridgehead atoms. The van der Waals surface area contributed by atoms with Crippen molar-refractivity contribution in [3.63, 3.8) is 0 Å². The zero-order valence-electron chi connectivity index (χ0n) is 12.1. The van der Waals surface area contributed by atoms with Gasteiger partial charge in [-0.25, -0.2) is 0 Å². The Balaban J connectivity index is 2.31. The summed E-state index contributed by atoms with van der Waals surface area (Å²) in [5.41, 5.74) is 1.69. The van der Waals surface area contributed by atoms with Crippen LogP contribution in [0.4, 0.5) is 0 Å². The molecule has 1 aliphatic rings. The van der Waals surface area contributed by atoms with Crippen molar-refractivity contribution >= 4 is 17.4 Å². The fourth-order valence-corrected chi connectivity index (χ4v) is 3.58. The molecule has 0 spiro atoms. The third kappa shape index (κ3) is 3.02. The second kappa shape index (κ2) is 5.66. The molecule has 0 atom stereocenters. The first-order valence-electron chi connectivity index (χ1n) is 7.25. The third-order valence-electron chi connectivity index (χ3n) is 4.28. The zero-order valence-corrected chi connectivity index (χ0v) is 12.9. The average Bonchev–Trinajstić information content (AvgIpc) is 2.80. The van der Waals surface area contributed by atoms with Gasteiger partial charge in [-0.2, -0.15) is 0 Å². The Morgan fingerprint density at radius 3 is 2.47 bits per heavy atom. The molecule has 1 saturated carbocycles. The number of hydrogen-bond donors (Lipinski definition) is 0. The quantitative estimate of drug-likeness (QED) is 0.671. The van der Waals surface area contributed by atoms with E-state index in [0.717, 1.165) is 30.4 Å². The maximum atomic E-state index is 12.9. The van der Waals surface area contributed by atoms with Crippen molar-refractivity contribution in [3.05, 3.63) is 34.3 Å². The van der Waals surface area contributed by atoms with E-state index in [1.54, 1.807) is 0 Å². The van der Waals surface area contributed by atoms with Crippen LogP contribution in [0.5, 0.6) is 0 Å². The van der Waals surface area contributed by atoms with Crippen molar-refractivity contribution in [1.82, 2.24) is 0 Å². The number of aryl methyl sites for hydroxylation is 1. The van der Waals surface area contributed by atoms with Crippen LogP contribution in [0.15, 0.2) is 18.2 Å². The van der Waals surface area contributed by atoms with Crippen molar-refractivity contribution < 1.29 is 4.79 Å². The molecule has 19 heavy (non-hydrogen) atoms. The monoisotopic (exact) mass is 278 g/mol. The zero-order chi connectivity index (χ0) is 14.0. The lowest BCUT2D eigenvalue weighted by atomic mass is 9.73. The fourth-order valence-electron chi connectivity index (χ4n) is 3.40. The van der Waals surface area contributed by atoms with E-state index in [2.05, 4.69) is 13.8 Å². The van der Waals surface area contributed by atoms with E-state index in [9.17, 15) is 4.79 Å². The Hall–Kier alpha value is -0.820. The molecule has 0 saturated heterocycles. The molecule has 104 valence electrons. The summed E-state index contributed by atoms with van der Waals surface area (Å²) in [4.78, 5) is 12.9. The number of hydrogen-bond acceptors (Lipinski definition) is 1. The molecule has 0 amide bonds. The van der Waals surface area contributed by atoms with Crippen LogP contribution in [0.1, 0.15) is 61.9 Å². The first kappa shape index (κ1) is 14.6. The summed E-state index contributed by atoms with van der Waals surface area (Å²) in [7, 11) is 0. The molecule has 1 aliphatic carbocycles. The summed E-state index contributed by atoms with van der Waals surface area (Å²) in [5.74, 6) is 0.864. The molecule has 1 nitrogen and oxygen atoms in total. The van der Waals surface area contributed by atoms with Crippen LogP contribution in [-0.2, 0) is 0 Å². The average molecular weight is 279 g/mol. The Labute approximate surface area is 121 Å². The highest BCUT2D eigenvalue weighted by Crippen LogP contribution is 2.45. The maximum absolute atomic E-state index is 12.9. The lowest BCUT2D eigenvalue weighted by Crippen LogP contribution is -2.30. The maximum Gasteiger partial charge on any atom is 0.169 e. The second-order valence-corrected chi connectivity index (χ2v) is 6.79. The Kier molecular flexibility index (Phi) is 4.35. The predicted molar refractivity (Wildman–Crippen MR) is 80.9 cm³/mol. The Bertz CT molecular complexity index is 470. The lowest BCUT2D eigenvalue weighted by Gasteiger charge is -2.29. The molecular formula is C17H23ClO. The van der Waals surface area contributed by atoms with Gasteiger partial charge < -0.3 is 0 Å². The van der Waals surface area contributed by atoms with Crippen LogP contribution in [0.3, 0.4) is 0 Å². The number of Topliss-reactive ketones (excluding diaryl/α,β-unsaturated/α-hetero) is 1. The smallest absolute Gasteiger partial charge is 0.169 e. The Morgan fingerprint density at radius 2 is 1.95 bits per heavy atom. The van der Waals surface area contributed by atoms with E-state index in [-0.39, 0.29) is 5.41 Å². The normalized spacial score (nSPS) is 17.9. The molecule has 0 heterocycles. The van der Waals surface area contributed by atoms with Gasteiger partial charge >= 0.3 is 0 Å². The van der Waals surface area contributed by atoms with Gasteiger partial charge in [0.25, 0.3) is 0 Å². The Morgan fingerprint density at radius 1 is 1.32 bits per heavy atom. The highest BCUT2D eigenvalue weighted by atomic mass is 35.5. The first-order valence-corrected chi connectivity index (χ1v) is 7.63. The number of carbonyl (C=O) groups is 1. The van der Waals surface area contributed by atoms with E-state index in [1.165, 1.54) is 12.8 Å². The fraction of sp³-hybridized carbons (Fsp3) is 0.588. The molecular weight excluding hydrogens is 256 g/mol. The van der Waals surface area contributed by atoms with Gasteiger partial charge in [0.15, 0.2) is 5.78 Å². The van der Waals surface area contributed by atoms with Crippen molar-refractivity contribution in [3.8, 4) is 0 Å². The van der Waals surface area contributed by atoms with Gasteiger partial charge in [0.1, 0.15) is 0 Å². The number of carbonyl (C=O) groups excluding carboxylic acids is 1. The van der Waals surface area contributed by atoms with Crippen LogP contribution < -0.4 is 0 Å². The number of benzene rings is 1. The highest BCUT2D eigenvalue weighted by Gasteiger charge is 2.41. The minimum absolute atomic E-state index is 0.132. The number of ketones is 1. The molecule has 1 fully saturated rings. The van der Waals surface area contributed by atoms with Gasteiger partial charge in [-0.3, -0.25) is 4.79 Å². The molecule has 2 heteroatoms. The molecule has 0 N–H and O–H groups in total. The predicted octanol–water partition coefficient (Wildman–Crippen LogP) is 5.44. The molecule has 2 rings (SSSR count). The standard InChI is InChI=1S/C17H23ClO/c1-12(2)11-17(8-4-5-9-17)16(19)14-7-6-13(3)15(18)10-14/h6-7,10,12H,4-5,8-9,11H2,1-3H3. The number of rotatable bonds is 4. The van der Waals surface area contributed by atoms with Gasteiger partial charge in [0.05, 0.1) is 0 Å². The first-order chi connectivity index (χ1) is 8.94. The van der Waals surface area contributed by atoms with Crippen molar-refractivity contribution in [2.24, 2.45) is 11.3 Å². The van der Waals surface area contributed by atoms with Crippen molar-refractivity contribution in [1.29, 1.82) is 0 Å².